The average Bonchev–Trinajstić information content (AvgIpc) is 2.14. The maximum atomic E-state index is 6.63. The minimum atomic E-state index is 0.135. The Morgan fingerprint density at radius 2 is 1.86 bits per heavy atom. The van der Waals surface area contributed by atoms with Gasteiger partial charge in [-0.15, -0.1) is 0 Å². The Morgan fingerprint density at radius 3 is 2.29 bits per heavy atom. The summed E-state index contributed by atoms with van der Waals surface area (Å²) in [5, 5.41) is 0. The molecule has 1 nitrogen and oxygen atoms in total. The van der Waals surface area contributed by atoms with Gasteiger partial charge in [0.2, 0.25) is 0 Å². The average molecular weight is 197 g/mol. The Kier molecular flexibility index (Phi) is 4.00. The van der Waals surface area contributed by atoms with Gasteiger partial charge in [-0.05, 0) is 37.0 Å². The lowest BCUT2D eigenvalue weighted by molar-refractivity contribution is 0.0957. The zero-order valence-corrected chi connectivity index (χ0v) is 10.3. The highest BCUT2D eigenvalue weighted by molar-refractivity contribution is 4.98. The van der Waals surface area contributed by atoms with Crippen LogP contribution in [-0.2, 0) is 0 Å². The van der Waals surface area contributed by atoms with Gasteiger partial charge in [0.15, 0.2) is 0 Å². The summed E-state index contributed by atoms with van der Waals surface area (Å²) in [5.74, 6) is 2.32. The van der Waals surface area contributed by atoms with E-state index in [0.29, 0.717) is 5.92 Å². The van der Waals surface area contributed by atoms with Gasteiger partial charge in [0.25, 0.3) is 0 Å². The summed E-state index contributed by atoms with van der Waals surface area (Å²) < 4.78 is 0. The third kappa shape index (κ3) is 2.13. The van der Waals surface area contributed by atoms with Crippen LogP contribution in [0.15, 0.2) is 0 Å². The van der Waals surface area contributed by atoms with Crippen molar-refractivity contribution in [3.05, 3.63) is 0 Å². The summed E-state index contributed by atoms with van der Waals surface area (Å²) in [6.07, 6.45) is 6.38. The highest BCUT2D eigenvalue weighted by atomic mass is 14.8. The molecule has 1 saturated carbocycles. The molecular formula is C13H27N. The molecule has 0 aromatic carbocycles. The normalized spacial score (nSPS) is 39.0. The standard InChI is InChI=1S/C13H27N/c1-5-12(6-2)13(14)8-7-10(3)9-11(13)4/h10-12H,5-9,14H2,1-4H3. The van der Waals surface area contributed by atoms with Crippen LogP contribution in [0.3, 0.4) is 0 Å². The summed E-state index contributed by atoms with van der Waals surface area (Å²) in [6.45, 7) is 9.29. The molecule has 0 heterocycles. The number of hydrogen-bond donors (Lipinski definition) is 1. The third-order valence-corrected chi connectivity index (χ3v) is 4.49. The molecule has 1 rings (SSSR count). The van der Waals surface area contributed by atoms with Crippen molar-refractivity contribution in [1.29, 1.82) is 0 Å². The molecule has 0 radical (unpaired) electrons. The SMILES string of the molecule is CCC(CC)C1(N)CCC(C)CC1C. The largest absolute Gasteiger partial charge is 0.325 e. The predicted octanol–water partition coefficient (Wildman–Crippen LogP) is 3.58. The molecule has 3 atom stereocenters. The molecule has 0 bridgehead atoms. The van der Waals surface area contributed by atoms with Gasteiger partial charge in [0.1, 0.15) is 0 Å². The Labute approximate surface area is 89.5 Å². The van der Waals surface area contributed by atoms with Crippen molar-refractivity contribution in [3.63, 3.8) is 0 Å². The fourth-order valence-electron chi connectivity index (χ4n) is 3.34. The molecule has 0 amide bonds. The highest BCUT2D eigenvalue weighted by Crippen LogP contribution is 2.41. The lowest BCUT2D eigenvalue weighted by Gasteiger charge is -2.47. The van der Waals surface area contributed by atoms with E-state index in [9.17, 15) is 0 Å². The fourth-order valence-corrected chi connectivity index (χ4v) is 3.34. The second kappa shape index (κ2) is 4.65. The van der Waals surface area contributed by atoms with Crippen LogP contribution in [-0.4, -0.2) is 5.54 Å². The van der Waals surface area contributed by atoms with Crippen LogP contribution < -0.4 is 5.73 Å². The molecule has 0 spiro atoms. The van der Waals surface area contributed by atoms with E-state index in [1.54, 1.807) is 0 Å². The van der Waals surface area contributed by atoms with Crippen LogP contribution in [0.4, 0.5) is 0 Å². The first-order chi connectivity index (χ1) is 6.54. The van der Waals surface area contributed by atoms with Crippen LogP contribution in [0.2, 0.25) is 0 Å². The Balaban J connectivity index is 2.71. The molecule has 0 aromatic heterocycles. The molecule has 0 saturated heterocycles. The van der Waals surface area contributed by atoms with Gasteiger partial charge in [-0.1, -0.05) is 40.5 Å². The molecule has 1 heteroatoms. The summed E-state index contributed by atoms with van der Waals surface area (Å²) in [6, 6.07) is 0. The molecule has 2 N–H and O–H groups in total. The van der Waals surface area contributed by atoms with Crippen LogP contribution in [0, 0.1) is 17.8 Å². The van der Waals surface area contributed by atoms with E-state index in [1.165, 1.54) is 32.1 Å². The van der Waals surface area contributed by atoms with Gasteiger partial charge < -0.3 is 5.73 Å². The van der Waals surface area contributed by atoms with E-state index in [1.807, 2.05) is 0 Å². The fraction of sp³-hybridized carbons (Fsp3) is 1.00. The predicted molar refractivity (Wildman–Crippen MR) is 63.2 cm³/mol. The number of nitrogens with two attached hydrogens (primary N) is 1. The van der Waals surface area contributed by atoms with Gasteiger partial charge in [0.05, 0.1) is 0 Å². The minimum absolute atomic E-state index is 0.135. The van der Waals surface area contributed by atoms with Crippen molar-refractivity contribution in [3.8, 4) is 0 Å². The smallest absolute Gasteiger partial charge is 0.0208 e. The molecule has 0 aliphatic heterocycles. The summed E-state index contributed by atoms with van der Waals surface area (Å²) in [4.78, 5) is 0. The van der Waals surface area contributed by atoms with Crippen molar-refractivity contribution in [2.24, 2.45) is 23.5 Å². The van der Waals surface area contributed by atoms with Crippen molar-refractivity contribution < 1.29 is 0 Å². The van der Waals surface area contributed by atoms with Gasteiger partial charge in [-0.2, -0.15) is 0 Å². The number of rotatable bonds is 3. The van der Waals surface area contributed by atoms with Crippen LogP contribution in [0.5, 0.6) is 0 Å². The summed E-state index contributed by atoms with van der Waals surface area (Å²) >= 11 is 0. The highest BCUT2D eigenvalue weighted by Gasteiger charge is 2.41. The van der Waals surface area contributed by atoms with Crippen molar-refractivity contribution in [1.82, 2.24) is 0 Å². The van der Waals surface area contributed by atoms with Gasteiger partial charge in [-0.3, -0.25) is 0 Å². The molecule has 14 heavy (non-hydrogen) atoms. The summed E-state index contributed by atoms with van der Waals surface area (Å²) in [5.41, 5.74) is 6.77. The monoisotopic (exact) mass is 197 g/mol. The van der Waals surface area contributed by atoms with Gasteiger partial charge in [-0.25, -0.2) is 0 Å². The van der Waals surface area contributed by atoms with E-state index in [4.69, 9.17) is 5.73 Å². The second-order valence-electron chi connectivity index (χ2n) is 5.41. The molecule has 0 aromatic rings. The first kappa shape index (κ1) is 12.0. The quantitative estimate of drug-likeness (QED) is 0.735. The molecule has 1 aliphatic carbocycles. The van der Waals surface area contributed by atoms with E-state index in [-0.39, 0.29) is 5.54 Å². The van der Waals surface area contributed by atoms with Crippen LogP contribution >= 0.6 is 0 Å². The van der Waals surface area contributed by atoms with Crippen LogP contribution in [0.25, 0.3) is 0 Å². The van der Waals surface area contributed by atoms with E-state index >= 15 is 0 Å². The first-order valence-electron chi connectivity index (χ1n) is 6.33. The lowest BCUT2D eigenvalue weighted by Crippen LogP contribution is -2.54. The van der Waals surface area contributed by atoms with E-state index in [2.05, 4.69) is 27.7 Å². The molecule has 1 fully saturated rings. The van der Waals surface area contributed by atoms with Gasteiger partial charge >= 0.3 is 0 Å². The molecule has 84 valence electrons. The topological polar surface area (TPSA) is 26.0 Å². The van der Waals surface area contributed by atoms with Crippen molar-refractivity contribution >= 4 is 0 Å². The Morgan fingerprint density at radius 1 is 1.29 bits per heavy atom. The first-order valence-corrected chi connectivity index (χ1v) is 6.33. The van der Waals surface area contributed by atoms with Crippen molar-refractivity contribution in [2.45, 2.75) is 65.3 Å². The lowest BCUT2D eigenvalue weighted by atomic mass is 9.63. The maximum Gasteiger partial charge on any atom is 0.0208 e. The van der Waals surface area contributed by atoms with Crippen molar-refractivity contribution in [2.75, 3.05) is 0 Å². The number of hydrogen-bond acceptors (Lipinski definition) is 1. The molecule has 3 unspecified atom stereocenters. The molecular weight excluding hydrogens is 170 g/mol. The maximum absolute atomic E-state index is 6.63. The molecule has 1 aliphatic rings. The Hall–Kier alpha value is -0.0400. The zero-order valence-electron chi connectivity index (χ0n) is 10.3. The van der Waals surface area contributed by atoms with Crippen LogP contribution in [0.1, 0.15) is 59.8 Å². The Bertz CT molecular complexity index is 174. The second-order valence-corrected chi connectivity index (χ2v) is 5.41. The minimum Gasteiger partial charge on any atom is -0.325 e. The zero-order chi connectivity index (χ0) is 10.8. The van der Waals surface area contributed by atoms with Gasteiger partial charge in [0, 0.05) is 5.54 Å². The van der Waals surface area contributed by atoms with E-state index in [0.717, 1.165) is 11.8 Å². The summed E-state index contributed by atoms with van der Waals surface area (Å²) in [7, 11) is 0. The van der Waals surface area contributed by atoms with E-state index < -0.39 is 0 Å². The third-order valence-electron chi connectivity index (χ3n) is 4.49.